The number of fused-ring (bicyclic) bond motifs is 2. The second-order valence-corrected chi connectivity index (χ2v) is 14.1. The van der Waals surface area contributed by atoms with E-state index in [0.717, 1.165) is 34.4 Å². The summed E-state index contributed by atoms with van der Waals surface area (Å²) in [7, 11) is 5.54. The Morgan fingerprint density at radius 3 is 2.52 bits per heavy atom. The Morgan fingerprint density at radius 2 is 1.93 bits per heavy atom. The van der Waals surface area contributed by atoms with E-state index in [-0.39, 0.29) is 24.4 Å². The summed E-state index contributed by atoms with van der Waals surface area (Å²) in [5, 5.41) is 18.7. The molecule has 0 spiro atoms. The van der Waals surface area contributed by atoms with Crippen LogP contribution in [0.4, 0.5) is 5.69 Å². The number of benzene rings is 2. The molecule has 6 rings (SSSR count). The Labute approximate surface area is 262 Å². The fourth-order valence-corrected chi connectivity index (χ4v) is 8.17. The molecule has 1 aliphatic heterocycles. The maximum atomic E-state index is 14.1. The van der Waals surface area contributed by atoms with E-state index < -0.39 is 24.2 Å². The number of aliphatic hydroxyl groups is 1. The molecule has 44 heavy (non-hydrogen) atoms. The summed E-state index contributed by atoms with van der Waals surface area (Å²) in [5.41, 5.74) is 11.9. The van der Waals surface area contributed by atoms with E-state index in [0.29, 0.717) is 35.3 Å². The molecule has 4 fully saturated rings. The van der Waals surface area contributed by atoms with Gasteiger partial charge in [0, 0.05) is 50.9 Å². The fraction of sp³-hybridized carbons (Fsp3) is 0.600. The fourth-order valence-electron chi connectivity index (χ4n) is 8.17. The van der Waals surface area contributed by atoms with Gasteiger partial charge in [-0.2, -0.15) is 5.06 Å². The van der Waals surface area contributed by atoms with Gasteiger partial charge in [-0.15, -0.1) is 0 Å². The molecule has 3 saturated carbocycles. The molecule has 5 N–H and O–H groups in total. The van der Waals surface area contributed by atoms with Crippen LogP contribution >= 0.6 is 0 Å². The zero-order valence-electron chi connectivity index (χ0n) is 27.6. The van der Waals surface area contributed by atoms with Gasteiger partial charge < -0.3 is 26.4 Å². The summed E-state index contributed by atoms with van der Waals surface area (Å²) in [5.74, 6) is 0.905. The van der Waals surface area contributed by atoms with Crippen LogP contribution in [-0.4, -0.2) is 74.0 Å². The third-order valence-corrected chi connectivity index (χ3v) is 11.1. The van der Waals surface area contributed by atoms with Crippen LogP contribution in [0, 0.1) is 36.0 Å². The van der Waals surface area contributed by atoms with Gasteiger partial charge in [-0.05, 0) is 90.3 Å². The number of carbonyl (C=O) groups is 2. The molecule has 4 aliphatic rings. The number of hydroxylamine groups is 2. The summed E-state index contributed by atoms with van der Waals surface area (Å²) >= 11 is 0. The monoisotopic (exact) mass is 605 g/mol. The highest BCUT2D eigenvalue weighted by molar-refractivity contribution is 5.96. The van der Waals surface area contributed by atoms with Gasteiger partial charge in [0.1, 0.15) is 6.04 Å². The normalized spacial score (nSPS) is 29.9. The number of anilines is 1. The summed E-state index contributed by atoms with van der Waals surface area (Å²) in [6.45, 7) is 11.3. The number of aliphatic hydroxyl groups excluding tert-OH is 1. The van der Waals surface area contributed by atoms with E-state index >= 15 is 0 Å². The quantitative estimate of drug-likeness (QED) is 0.344. The number of carbonyl (C=O) groups excluding carboxylic acids is 2. The van der Waals surface area contributed by atoms with Gasteiger partial charge in [-0.1, -0.05) is 39.0 Å². The summed E-state index contributed by atoms with van der Waals surface area (Å²) in [4.78, 5) is 35.0. The average Bonchev–Trinajstić information content (AvgIpc) is 3.36. The van der Waals surface area contributed by atoms with E-state index in [4.69, 9.17) is 10.6 Å². The third-order valence-electron chi connectivity index (χ3n) is 11.1. The SMILES string of the molecule is CNC(=O)c1cc(-c2cccc(CN3O[C@@H](CN)[C@@H]([C@H](C)O)[C@H]3C(=O)NC3C[C@H]4C[C@@H]([C@@H]3C)C4(C)C)c2C)cc(N(C)C)c1. The average molecular weight is 606 g/mol. The standard InChI is InChI=1S/C35H51N5O4/c1-19-22(10-9-11-27(19)23-12-24(33(42)37-6)14-26(13-23)39(7)8)18-40-32(31(21(3)41)30(17-36)44-40)34(43)38-29-16-25-15-28(20(29)2)35(25,4)5/h9-14,20-21,25,28-32,41H,15-18,36H2,1-8H3,(H,37,42)(H,38,43)/t20-,21-,25+,28-,29?,30-,31+,32-/m0/s1. The van der Waals surface area contributed by atoms with Gasteiger partial charge in [0.2, 0.25) is 5.91 Å². The highest BCUT2D eigenvalue weighted by Gasteiger charge is 2.57. The predicted molar refractivity (Wildman–Crippen MR) is 174 cm³/mol. The van der Waals surface area contributed by atoms with Crippen molar-refractivity contribution >= 4 is 17.5 Å². The molecular formula is C35H51N5O4. The maximum Gasteiger partial charge on any atom is 0.251 e. The number of hydrogen-bond acceptors (Lipinski definition) is 7. The zero-order chi connectivity index (χ0) is 32.1. The molecule has 8 atom stereocenters. The van der Waals surface area contributed by atoms with Crippen molar-refractivity contribution in [2.24, 2.45) is 34.8 Å². The van der Waals surface area contributed by atoms with Crippen LogP contribution < -0.4 is 21.3 Å². The maximum absolute atomic E-state index is 14.1. The van der Waals surface area contributed by atoms with Crippen LogP contribution in [0.15, 0.2) is 36.4 Å². The van der Waals surface area contributed by atoms with E-state index in [2.05, 4.69) is 50.5 Å². The molecule has 2 aromatic rings. The van der Waals surface area contributed by atoms with Gasteiger partial charge in [0.15, 0.2) is 0 Å². The number of hydrogen-bond donors (Lipinski definition) is 4. The third kappa shape index (κ3) is 5.75. The first-order valence-corrected chi connectivity index (χ1v) is 16.0. The van der Waals surface area contributed by atoms with Crippen molar-refractivity contribution in [2.75, 3.05) is 32.6 Å². The van der Waals surface area contributed by atoms with E-state index in [1.165, 1.54) is 6.42 Å². The molecule has 1 unspecified atom stereocenters. The second kappa shape index (κ2) is 12.4. The molecule has 240 valence electrons. The number of nitrogens with one attached hydrogen (secondary N) is 2. The highest BCUT2D eigenvalue weighted by Crippen LogP contribution is 2.61. The Balaban J connectivity index is 1.44. The lowest BCUT2D eigenvalue weighted by atomic mass is 9.45. The molecule has 1 saturated heterocycles. The molecule has 9 nitrogen and oxygen atoms in total. The van der Waals surface area contributed by atoms with E-state index in [1.807, 2.05) is 43.3 Å². The Morgan fingerprint density at radius 1 is 1.20 bits per heavy atom. The molecular weight excluding hydrogens is 554 g/mol. The lowest BCUT2D eigenvalue weighted by molar-refractivity contribution is -0.175. The van der Waals surface area contributed by atoms with Crippen molar-refractivity contribution in [2.45, 2.75) is 78.3 Å². The molecule has 2 amide bonds. The van der Waals surface area contributed by atoms with Crippen LogP contribution in [0.1, 0.15) is 62.0 Å². The van der Waals surface area contributed by atoms with E-state index in [9.17, 15) is 14.7 Å². The summed E-state index contributed by atoms with van der Waals surface area (Å²) < 4.78 is 0. The van der Waals surface area contributed by atoms with Gasteiger partial charge >= 0.3 is 0 Å². The van der Waals surface area contributed by atoms with E-state index in [1.54, 1.807) is 19.0 Å². The molecule has 3 aliphatic carbocycles. The topological polar surface area (TPSA) is 120 Å². The van der Waals surface area contributed by atoms with Crippen LogP contribution in [0.5, 0.6) is 0 Å². The second-order valence-electron chi connectivity index (χ2n) is 14.1. The number of amides is 2. The van der Waals surface area contributed by atoms with Crippen LogP contribution in [-0.2, 0) is 16.2 Å². The first-order chi connectivity index (χ1) is 20.8. The number of nitrogens with two attached hydrogens (primary N) is 1. The van der Waals surface area contributed by atoms with Gasteiger partial charge in [0.25, 0.3) is 5.91 Å². The minimum Gasteiger partial charge on any atom is -0.393 e. The Kier molecular flexibility index (Phi) is 9.16. The van der Waals surface area contributed by atoms with Crippen molar-refractivity contribution in [1.29, 1.82) is 0 Å². The molecule has 0 radical (unpaired) electrons. The minimum atomic E-state index is -0.773. The van der Waals surface area contributed by atoms with Crippen LogP contribution in [0.25, 0.3) is 11.1 Å². The van der Waals surface area contributed by atoms with Crippen molar-refractivity contribution < 1.29 is 19.5 Å². The first-order valence-electron chi connectivity index (χ1n) is 16.0. The molecule has 1 heterocycles. The Hall–Kier alpha value is -2.98. The number of nitrogens with zero attached hydrogens (tertiary/aromatic N) is 2. The van der Waals surface area contributed by atoms with Crippen molar-refractivity contribution in [3.05, 3.63) is 53.1 Å². The molecule has 2 bridgehead atoms. The van der Waals surface area contributed by atoms with Gasteiger partial charge in [0.05, 0.1) is 18.8 Å². The van der Waals surface area contributed by atoms with Gasteiger partial charge in [-0.3, -0.25) is 14.4 Å². The van der Waals surface area contributed by atoms with Crippen molar-refractivity contribution in [3.8, 4) is 11.1 Å². The highest BCUT2D eigenvalue weighted by atomic mass is 16.7. The van der Waals surface area contributed by atoms with Crippen molar-refractivity contribution in [1.82, 2.24) is 15.7 Å². The molecule has 0 aromatic heterocycles. The van der Waals surface area contributed by atoms with Crippen molar-refractivity contribution in [3.63, 3.8) is 0 Å². The summed E-state index contributed by atoms with van der Waals surface area (Å²) in [6.07, 6.45) is 0.971. The minimum absolute atomic E-state index is 0.106. The lowest BCUT2D eigenvalue weighted by Gasteiger charge is -2.62. The predicted octanol–water partition coefficient (Wildman–Crippen LogP) is 3.71. The summed E-state index contributed by atoms with van der Waals surface area (Å²) in [6, 6.07) is 11.4. The molecule has 9 heteroatoms. The number of rotatable bonds is 9. The Bertz CT molecular complexity index is 1390. The zero-order valence-corrected chi connectivity index (χ0v) is 27.6. The van der Waals surface area contributed by atoms with Crippen LogP contribution in [0.2, 0.25) is 0 Å². The first kappa shape index (κ1) is 32.4. The molecule has 2 aromatic carbocycles. The van der Waals surface area contributed by atoms with Crippen LogP contribution in [0.3, 0.4) is 0 Å². The lowest BCUT2D eigenvalue weighted by Crippen LogP contribution is -2.62. The smallest absolute Gasteiger partial charge is 0.251 e. The van der Waals surface area contributed by atoms with Gasteiger partial charge in [-0.25, -0.2) is 0 Å². The largest absolute Gasteiger partial charge is 0.393 e.